The molecule has 72 valence electrons. The summed E-state index contributed by atoms with van der Waals surface area (Å²) in [5.74, 6) is 0. The minimum absolute atomic E-state index is 0.516. The third kappa shape index (κ3) is 3.92. The van der Waals surface area contributed by atoms with Crippen LogP contribution < -0.4 is 5.32 Å². The van der Waals surface area contributed by atoms with E-state index >= 15 is 0 Å². The number of para-hydroxylation sites is 1. The molecule has 0 aliphatic rings. The van der Waals surface area contributed by atoms with Crippen molar-refractivity contribution in [3.8, 4) is 0 Å². The first-order valence-corrected chi connectivity index (χ1v) is 4.33. The van der Waals surface area contributed by atoms with E-state index in [0.29, 0.717) is 6.54 Å². The average Bonchev–Trinajstić information content (AvgIpc) is 2.04. The molecule has 1 aromatic carbocycles. The highest BCUT2D eigenvalue weighted by molar-refractivity contribution is 5.42. The molecule has 2 N–H and O–H groups in total. The highest BCUT2D eigenvalue weighted by Crippen LogP contribution is 2.05. The molecule has 1 rings (SSSR count). The molecule has 13 heavy (non-hydrogen) atoms. The van der Waals surface area contributed by atoms with Gasteiger partial charge in [0.2, 0.25) is 0 Å². The van der Waals surface area contributed by atoms with Crippen molar-refractivity contribution in [2.45, 2.75) is 6.23 Å². The van der Waals surface area contributed by atoms with Crippen LogP contribution in [0, 0.1) is 0 Å². The quantitative estimate of drug-likeness (QED) is 0.678. The fourth-order valence-corrected chi connectivity index (χ4v) is 1.12. The lowest BCUT2D eigenvalue weighted by Crippen LogP contribution is -2.31. The summed E-state index contributed by atoms with van der Waals surface area (Å²) in [6, 6.07) is 9.68. The molecule has 0 radical (unpaired) electrons. The van der Waals surface area contributed by atoms with Gasteiger partial charge in [0, 0.05) is 12.2 Å². The molecule has 0 saturated carbocycles. The maximum absolute atomic E-state index is 9.52. The molecule has 0 bridgehead atoms. The first-order chi connectivity index (χ1) is 6.18. The zero-order chi connectivity index (χ0) is 9.68. The van der Waals surface area contributed by atoms with Crippen molar-refractivity contribution in [2.75, 3.05) is 26.0 Å². The molecule has 0 aliphatic heterocycles. The van der Waals surface area contributed by atoms with Crippen molar-refractivity contribution < 1.29 is 5.11 Å². The van der Waals surface area contributed by atoms with E-state index in [1.165, 1.54) is 0 Å². The molecule has 0 aromatic heterocycles. The molecule has 0 fully saturated rings. The highest BCUT2D eigenvalue weighted by Gasteiger charge is 2.03. The van der Waals surface area contributed by atoms with Gasteiger partial charge in [0.1, 0.15) is 6.23 Å². The van der Waals surface area contributed by atoms with E-state index in [4.69, 9.17) is 0 Å². The van der Waals surface area contributed by atoms with Crippen molar-refractivity contribution in [1.29, 1.82) is 0 Å². The van der Waals surface area contributed by atoms with Crippen molar-refractivity contribution in [1.82, 2.24) is 4.90 Å². The van der Waals surface area contributed by atoms with Crippen molar-refractivity contribution >= 4 is 5.69 Å². The number of anilines is 1. The van der Waals surface area contributed by atoms with Crippen LogP contribution >= 0.6 is 0 Å². The number of nitrogens with zero attached hydrogens (tertiary/aromatic N) is 1. The van der Waals surface area contributed by atoms with Crippen molar-refractivity contribution in [3.05, 3.63) is 30.3 Å². The molecule has 0 spiro atoms. The van der Waals surface area contributed by atoms with Gasteiger partial charge in [-0.1, -0.05) is 18.2 Å². The van der Waals surface area contributed by atoms with E-state index in [1.54, 1.807) is 0 Å². The van der Waals surface area contributed by atoms with Crippen molar-refractivity contribution in [2.24, 2.45) is 0 Å². The van der Waals surface area contributed by atoms with Crippen LogP contribution in [0.4, 0.5) is 5.69 Å². The number of hydrogen-bond donors (Lipinski definition) is 2. The fourth-order valence-electron chi connectivity index (χ4n) is 1.12. The number of aliphatic hydroxyl groups excluding tert-OH is 1. The minimum Gasteiger partial charge on any atom is -0.372 e. The summed E-state index contributed by atoms with van der Waals surface area (Å²) in [6.45, 7) is 0.606. The van der Waals surface area contributed by atoms with Crippen LogP contribution in [0.15, 0.2) is 30.3 Å². The van der Waals surface area contributed by atoms with Crippen LogP contribution in [-0.4, -0.2) is 36.9 Å². The molecular weight excluding hydrogens is 164 g/mol. The van der Waals surface area contributed by atoms with Gasteiger partial charge in [-0.15, -0.1) is 0 Å². The molecule has 0 heterocycles. The number of nitrogens with one attached hydrogen (secondary N) is 1. The number of benzene rings is 1. The molecular formula is C10H16N2O. The second kappa shape index (κ2) is 4.84. The summed E-state index contributed by atoms with van der Waals surface area (Å²) in [6.07, 6.45) is -0.516. The second-order valence-electron chi connectivity index (χ2n) is 3.29. The van der Waals surface area contributed by atoms with Crippen LogP contribution in [-0.2, 0) is 0 Å². The molecule has 1 unspecified atom stereocenters. The lowest BCUT2D eigenvalue weighted by molar-refractivity contribution is 0.161. The second-order valence-corrected chi connectivity index (χ2v) is 3.29. The summed E-state index contributed by atoms with van der Waals surface area (Å²) in [5.41, 5.74) is 0.942. The maximum Gasteiger partial charge on any atom is 0.137 e. The molecule has 1 atom stereocenters. The first-order valence-electron chi connectivity index (χ1n) is 4.33. The monoisotopic (exact) mass is 180 g/mol. The third-order valence-electron chi connectivity index (χ3n) is 1.65. The summed E-state index contributed by atoms with van der Waals surface area (Å²) in [5, 5.41) is 12.5. The van der Waals surface area contributed by atoms with Gasteiger partial charge < -0.3 is 15.3 Å². The van der Waals surface area contributed by atoms with E-state index in [-0.39, 0.29) is 0 Å². The Bertz CT molecular complexity index is 236. The third-order valence-corrected chi connectivity index (χ3v) is 1.65. The fraction of sp³-hybridized carbons (Fsp3) is 0.400. The Balaban J connectivity index is 2.41. The normalized spacial score (nSPS) is 12.9. The van der Waals surface area contributed by atoms with E-state index in [2.05, 4.69) is 5.32 Å². The smallest absolute Gasteiger partial charge is 0.137 e. The Morgan fingerprint density at radius 1 is 1.31 bits per heavy atom. The van der Waals surface area contributed by atoms with E-state index in [9.17, 15) is 5.11 Å². The van der Waals surface area contributed by atoms with Crippen molar-refractivity contribution in [3.63, 3.8) is 0 Å². The van der Waals surface area contributed by atoms with Gasteiger partial charge in [-0.05, 0) is 26.2 Å². The molecule has 3 heteroatoms. The minimum atomic E-state index is -0.516. The van der Waals surface area contributed by atoms with Gasteiger partial charge in [0.15, 0.2) is 0 Å². The number of hydrogen-bond acceptors (Lipinski definition) is 3. The number of rotatable bonds is 4. The van der Waals surface area contributed by atoms with Gasteiger partial charge in [-0.2, -0.15) is 0 Å². The van der Waals surface area contributed by atoms with Crippen LogP contribution in [0.5, 0.6) is 0 Å². The van der Waals surface area contributed by atoms with Crippen LogP contribution in [0.3, 0.4) is 0 Å². The molecule has 3 nitrogen and oxygen atoms in total. The first kappa shape index (κ1) is 10.0. The molecule has 0 aliphatic carbocycles. The van der Waals surface area contributed by atoms with Crippen LogP contribution in [0.25, 0.3) is 0 Å². The highest BCUT2D eigenvalue weighted by atomic mass is 16.3. The Morgan fingerprint density at radius 2 is 1.92 bits per heavy atom. The maximum atomic E-state index is 9.52. The Kier molecular flexibility index (Phi) is 3.73. The molecule has 0 saturated heterocycles. The van der Waals surface area contributed by atoms with Gasteiger partial charge in [-0.3, -0.25) is 0 Å². The summed E-state index contributed by atoms with van der Waals surface area (Å²) < 4.78 is 0. The number of aliphatic hydroxyl groups is 1. The van der Waals surface area contributed by atoms with E-state index in [0.717, 1.165) is 5.69 Å². The Hall–Kier alpha value is -1.06. The number of likely N-dealkylation sites (N-methyl/N-ethyl adjacent to an activating group) is 1. The SMILES string of the molecule is CN(C)CC(O)Nc1ccccc1. The predicted octanol–water partition coefficient (Wildman–Crippen LogP) is 0.978. The predicted molar refractivity (Wildman–Crippen MR) is 54.6 cm³/mol. The van der Waals surface area contributed by atoms with E-state index < -0.39 is 6.23 Å². The lowest BCUT2D eigenvalue weighted by Gasteiger charge is -2.17. The van der Waals surface area contributed by atoms with Crippen LogP contribution in [0.2, 0.25) is 0 Å². The topological polar surface area (TPSA) is 35.5 Å². The zero-order valence-electron chi connectivity index (χ0n) is 8.07. The average molecular weight is 180 g/mol. The summed E-state index contributed by atoms with van der Waals surface area (Å²) >= 11 is 0. The van der Waals surface area contributed by atoms with Gasteiger partial charge in [0.25, 0.3) is 0 Å². The lowest BCUT2D eigenvalue weighted by atomic mass is 10.3. The Morgan fingerprint density at radius 3 is 2.46 bits per heavy atom. The molecule has 1 aromatic rings. The standard InChI is InChI=1S/C10H16N2O/c1-12(2)8-10(13)11-9-6-4-3-5-7-9/h3-7,10-11,13H,8H2,1-2H3. The van der Waals surface area contributed by atoms with E-state index in [1.807, 2.05) is 49.3 Å². The largest absolute Gasteiger partial charge is 0.372 e. The van der Waals surface area contributed by atoms with Gasteiger partial charge >= 0.3 is 0 Å². The van der Waals surface area contributed by atoms with Gasteiger partial charge in [-0.25, -0.2) is 0 Å². The Labute approximate surface area is 79.0 Å². The zero-order valence-corrected chi connectivity index (χ0v) is 8.07. The molecule has 0 amide bonds. The van der Waals surface area contributed by atoms with Gasteiger partial charge in [0.05, 0.1) is 0 Å². The van der Waals surface area contributed by atoms with Crippen LogP contribution in [0.1, 0.15) is 0 Å². The summed E-state index contributed by atoms with van der Waals surface area (Å²) in [7, 11) is 3.85. The summed E-state index contributed by atoms with van der Waals surface area (Å²) in [4.78, 5) is 1.93.